The Morgan fingerprint density at radius 1 is 1.08 bits per heavy atom. The maximum absolute atomic E-state index is 12.6. The smallest absolute Gasteiger partial charge is 0.329 e. The van der Waals surface area contributed by atoms with Crippen LogP contribution in [0.5, 0.6) is 11.5 Å². The lowest BCUT2D eigenvalue weighted by molar-refractivity contribution is -0.123. The molecular formula is C20H20N2O4. The van der Waals surface area contributed by atoms with Crippen LogP contribution in [0.3, 0.4) is 0 Å². The third kappa shape index (κ3) is 3.69. The molecule has 134 valence electrons. The van der Waals surface area contributed by atoms with Crippen molar-refractivity contribution in [2.75, 3.05) is 13.7 Å². The van der Waals surface area contributed by atoms with Crippen LogP contribution >= 0.6 is 0 Å². The van der Waals surface area contributed by atoms with Crippen LogP contribution in [-0.2, 0) is 11.3 Å². The predicted octanol–water partition coefficient (Wildman–Crippen LogP) is 3.19. The summed E-state index contributed by atoms with van der Waals surface area (Å²) in [7, 11) is 1.57. The van der Waals surface area contributed by atoms with E-state index < -0.39 is 6.03 Å². The standard InChI is InChI=1S/C20H20N2O4/c1-3-26-18-12-15(9-10-17(18)25-2)11-16-19(23)22(20(24)21-16)13-14-7-5-4-6-8-14/h4-12H,3,13H2,1-2H3,(H,21,24)/b16-11+. The number of nitrogens with zero attached hydrogens (tertiary/aromatic N) is 1. The molecule has 2 aromatic rings. The van der Waals surface area contributed by atoms with E-state index in [1.165, 1.54) is 4.90 Å². The zero-order valence-corrected chi connectivity index (χ0v) is 14.7. The highest BCUT2D eigenvalue weighted by molar-refractivity contribution is 6.13. The fourth-order valence-electron chi connectivity index (χ4n) is 2.70. The number of imide groups is 1. The van der Waals surface area contributed by atoms with Crippen LogP contribution in [0.15, 0.2) is 54.2 Å². The summed E-state index contributed by atoms with van der Waals surface area (Å²) in [6, 6.07) is 14.3. The molecule has 3 amide bonds. The van der Waals surface area contributed by atoms with Crippen molar-refractivity contribution >= 4 is 18.0 Å². The molecule has 1 saturated heterocycles. The lowest BCUT2D eigenvalue weighted by atomic mass is 10.1. The zero-order chi connectivity index (χ0) is 18.5. The molecule has 0 atom stereocenters. The van der Waals surface area contributed by atoms with E-state index in [9.17, 15) is 9.59 Å². The molecule has 2 aromatic carbocycles. The van der Waals surface area contributed by atoms with Gasteiger partial charge in [0, 0.05) is 0 Å². The first-order chi connectivity index (χ1) is 12.6. The average Bonchev–Trinajstić information content (AvgIpc) is 2.91. The van der Waals surface area contributed by atoms with Crippen LogP contribution in [0.2, 0.25) is 0 Å². The van der Waals surface area contributed by atoms with E-state index in [4.69, 9.17) is 9.47 Å². The number of hydrogen-bond acceptors (Lipinski definition) is 4. The van der Waals surface area contributed by atoms with Crippen molar-refractivity contribution in [2.45, 2.75) is 13.5 Å². The largest absolute Gasteiger partial charge is 0.493 e. The molecule has 0 spiro atoms. The number of amides is 3. The van der Waals surface area contributed by atoms with Gasteiger partial charge in [0.2, 0.25) is 0 Å². The molecule has 1 aliphatic rings. The van der Waals surface area contributed by atoms with Gasteiger partial charge >= 0.3 is 6.03 Å². The van der Waals surface area contributed by atoms with Gasteiger partial charge in [0.15, 0.2) is 11.5 Å². The molecule has 0 aliphatic carbocycles. The molecule has 0 bridgehead atoms. The van der Waals surface area contributed by atoms with Gasteiger partial charge in [-0.25, -0.2) is 4.79 Å². The number of rotatable bonds is 6. The Balaban J connectivity index is 1.82. The Hall–Kier alpha value is -3.28. The van der Waals surface area contributed by atoms with Crippen LogP contribution in [0.4, 0.5) is 4.79 Å². The third-order valence-electron chi connectivity index (χ3n) is 3.94. The van der Waals surface area contributed by atoms with Gasteiger partial charge in [0.1, 0.15) is 5.70 Å². The quantitative estimate of drug-likeness (QED) is 0.640. The van der Waals surface area contributed by atoms with Crippen molar-refractivity contribution in [3.05, 3.63) is 65.4 Å². The lowest BCUT2D eigenvalue weighted by Crippen LogP contribution is -2.30. The minimum Gasteiger partial charge on any atom is -0.493 e. The van der Waals surface area contributed by atoms with Gasteiger partial charge < -0.3 is 14.8 Å². The molecule has 6 heteroatoms. The van der Waals surface area contributed by atoms with Gasteiger partial charge in [-0.1, -0.05) is 36.4 Å². The number of benzene rings is 2. The first-order valence-electron chi connectivity index (χ1n) is 8.31. The van der Waals surface area contributed by atoms with E-state index in [1.807, 2.05) is 37.3 Å². The number of urea groups is 1. The molecule has 6 nitrogen and oxygen atoms in total. The molecule has 0 saturated carbocycles. The van der Waals surface area contributed by atoms with Crippen molar-refractivity contribution in [3.63, 3.8) is 0 Å². The molecule has 26 heavy (non-hydrogen) atoms. The first kappa shape index (κ1) is 17.5. The summed E-state index contributed by atoms with van der Waals surface area (Å²) in [5.74, 6) is 0.844. The molecule has 1 fully saturated rings. The minimum absolute atomic E-state index is 0.232. The van der Waals surface area contributed by atoms with E-state index in [-0.39, 0.29) is 18.1 Å². The number of nitrogens with one attached hydrogen (secondary N) is 1. The van der Waals surface area contributed by atoms with E-state index >= 15 is 0 Å². The third-order valence-corrected chi connectivity index (χ3v) is 3.94. The molecule has 3 rings (SSSR count). The summed E-state index contributed by atoms with van der Waals surface area (Å²) < 4.78 is 10.8. The number of carbonyl (C=O) groups is 2. The molecule has 0 radical (unpaired) electrons. The molecule has 1 N–H and O–H groups in total. The Labute approximate surface area is 152 Å². The van der Waals surface area contributed by atoms with E-state index in [0.717, 1.165) is 11.1 Å². The van der Waals surface area contributed by atoms with Gasteiger partial charge in [0.25, 0.3) is 5.91 Å². The maximum atomic E-state index is 12.6. The van der Waals surface area contributed by atoms with Crippen molar-refractivity contribution in [1.29, 1.82) is 0 Å². The predicted molar refractivity (Wildman–Crippen MR) is 97.7 cm³/mol. The number of methoxy groups -OCH3 is 1. The van der Waals surface area contributed by atoms with Gasteiger partial charge in [-0.2, -0.15) is 0 Å². The summed E-state index contributed by atoms with van der Waals surface area (Å²) in [6.07, 6.45) is 1.63. The second kappa shape index (κ2) is 7.74. The summed E-state index contributed by atoms with van der Waals surface area (Å²) in [5.41, 5.74) is 1.86. The number of hydrogen-bond donors (Lipinski definition) is 1. The van der Waals surface area contributed by atoms with Crippen LogP contribution in [0.1, 0.15) is 18.1 Å². The minimum atomic E-state index is -0.427. The Morgan fingerprint density at radius 2 is 1.85 bits per heavy atom. The number of carbonyl (C=O) groups excluding carboxylic acids is 2. The molecule has 0 unspecified atom stereocenters. The molecule has 0 aromatic heterocycles. The van der Waals surface area contributed by atoms with Crippen molar-refractivity contribution in [2.24, 2.45) is 0 Å². The van der Waals surface area contributed by atoms with Gasteiger partial charge in [-0.15, -0.1) is 0 Å². The monoisotopic (exact) mass is 352 g/mol. The maximum Gasteiger partial charge on any atom is 0.329 e. The Kier molecular flexibility index (Phi) is 5.22. The highest BCUT2D eigenvalue weighted by Crippen LogP contribution is 2.29. The van der Waals surface area contributed by atoms with E-state index in [1.54, 1.807) is 31.4 Å². The van der Waals surface area contributed by atoms with Gasteiger partial charge in [0.05, 0.1) is 20.3 Å². The SMILES string of the molecule is CCOc1cc(/C=C2/NC(=O)N(Cc3ccccc3)C2=O)ccc1OC. The number of ether oxygens (including phenoxy) is 2. The second-order valence-corrected chi connectivity index (χ2v) is 5.71. The second-order valence-electron chi connectivity index (χ2n) is 5.71. The fraction of sp³-hybridized carbons (Fsp3) is 0.200. The van der Waals surface area contributed by atoms with Gasteiger partial charge in [-0.3, -0.25) is 9.69 Å². The molecular weight excluding hydrogens is 332 g/mol. The highest BCUT2D eigenvalue weighted by Gasteiger charge is 2.33. The van der Waals surface area contributed by atoms with E-state index in [0.29, 0.717) is 18.1 Å². The topological polar surface area (TPSA) is 67.9 Å². The molecule has 1 aliphatic heterocycles. The van der Waals surface area contributed by atoms with Crippen molar-refractivity contribution in [3.8, 4) is 11.5 Å². The van der Waals surface area contributed by atoms with Crippen molar-refractivity contribution in [1.82, 2.24) is 10.2 Å². The highest BCUT2D eigenvalue weighted by atomic mass is 16.5. The summed E-state index contributed by atoms with van der Waals surface area (Å²) >= 11 is 0. The Morgan fingerprint density at radius 3 is 2.54 bits per heavy atom. The van der Waals surface area contributed by atoms with Crippen LogP contribution in [0, 0.1) is 0 Å². The van der Waals surface area contributed by atoms with Crippen molar-refractivity contribution < 1.29 is 19.1 Å². The average molecular weight is 352 g/mol. The zero-order valence-electron chi connectivity index (χ0n) is 14.7. The normalized spacial score (nSPS) is 15.3. The summed E-state index contributed by atoms with van der Waals surface area (Å²) in [4.78, 5) is 25.9. The van der Waals surface area contributed by atoms with Crippen LogP contribution in [0.25, 0.3) is 6.08 Å². The fourth-order valence-corrected chi connectivity index (χ4v) is 2.70. The van der Waals surface area contributed by atoms with Gasteiger partial charge in [-0.05, 0) is 36.3 Å². The Bertz CT molecular complexity index is 846. The summed E-state index contributed by atoms with van der Waals surface area (Å²) in [5, 5.41) is 2.63. The van der Waals surface area contributed by atoms with Crippen LogP contribution < -0.4 is 14.8 Å². The first-order valence-corrected chi connectivity index (χ1v) is 8.31. The van der Waals surface area contributed by atoms with Crippen LogP contribution in [-0.4, -0.2) is 30.6 Å². The summed E-state index contributed by atoms with van der Waals surface area (Å²) in [6.45, 7) is 2.61. The molecule has 1 heterocycles. The van der Waals surface area contributed by atoms with E-state index in [2.05, 4.69) is 5.32 Å². The lowest BCUT2D eigenvalue weighted by Gasteiger charge is -2.11.